The van der Waals surface area contributed by atoms with Crippen LogP contribution in [0.4, 0.5) is 0 Å². The van der Waals surface area contributed by atoms with E-state index in [0.717, 1.165) is 0 Å². The van der Waals surface area contributed by atoms with Crippen LogP contribution in [0.15, 0.2) is 6.07 Å². The zero-order valence-corrected chi connectivity index (χ0v) is 10.0. The van der Waals surface area contributed by atoms with Crippen LogP contribution in [0.1, 0.15) is 34.7 Å². The van der Waals surface area contributed by atoms with Gasteiger partial charge in [0.2, 0.25) is 0 Å². The predicted octanol–water partition coefficient (Wildman–Crippen LogP) is 2.00. The van der Waals surface area contributed by atoms with Crippen molar-refractivity contribution in [1.82, 2.24) is 4.98 Å². The first-order valence-electron chi connectivity index (χ1n) is 4.12. The second kappa shape index (κ2) is 4.59. The molecule has 0 aliphatic rings. The average Bonchev–Trinajstić information content (AvgIpc) is 2.48. The fourth-order valence-corrected chi connectivity index (χ4v) is 1.83. The molecule has 0 bridgehead atoms. The Balaban J connectivity index is 2.96. The zero-order chi connectivity index (χ0) is 10.7. The van der Waals surface area contributed by atoms with Crippen molar-refractivity contribution in [3.05, 3.63) is 21.0 Å². The Kier molecular flexibility index (Phi) is 3.68. The molecule has 1 rings (SSSR count). The summed E-state index contributed by atoms with van der Waals surface area (Å²) < 4.78 is 5.46. The normalized spacial score (nSPS) is 9.93. The minimum absolute atomic E-state index is 0.0683. The number of aromatic amines is 1. The summed E-state index contributed by atoms with van der Waals surface area (Å²) in [6.07, 6.45) is 0. The maximum atomic E-state index is 11.3. The number of carbonyl (C=O) groups excluding carboxylic acids is 2. The molecule has 1 aromatic heterocycles. The Morgan fingerprint density at radius 3 is 2.64 bits per heavy atom. The zero-order valence-electron chi connectivity index (χ0n) is 7.89. The standard InChI is InChI=1S/C9H10INO3/c1-3-14-9(13)7-4-6(5(2)12)8(10)11-7/h4,11H,3H2,1-2H3. The van der Waals surface area contributed by atoms with E-state index in [4.69, 9.17) is 4.74 Å². The van der Waals surface area contributed by atoms with Crippen molar-refractivity contribution >= 4 is 34.3 Å². The number of ether oxygens (including phenoxy) is 1. The highest BCUT2D eigenvalue weighted by Gasteiger charge is 2.15. The molecule has 1 N–H and O–H groups in total. The van der Waals surface area contributed by atoms with Crippen LogP contribution in [0.25, 0.3) is 0 Å². The summed E-state index contributed by atoms with van der Waals surface area (Å²) in [5.74, 6) is -0.501. The fraction of sp³-hybridized carbons (Fsp3) is 0.333. The molecule has 0 aliphatic heterocycles. The number of rotatable bonds is 3. The number of nitrogens with one attached hydrogen (secondary N) is 1. The van der Waals surface area contributed by atoms with Gasteiger partial charge >= 0.3 is 5.97 Å². The summed E-state index contributed by atoms with van der Waals surface area (Å²) in [7, 11) is 0. The number of aromatic nitrogens is 1. The van der Waals surface area contributed by atoms with E-state index in [1.54, 1.807) is 6.92 Å². The molecule has 76 valence electrons. The third kappa shape index (κ3) is 2.34. The van der Waals surface area contributed by atoms with Crippen molar-refractivity contribution < 1.29 is 14.3 Å². The lowest BCUT2D eigenvalue weighted by Gasteiger charge is -1.96. The molecule has 0 amide bonds. The number of H-pyrrole nitrogens is 1. The summed E-state index contributed by atoms with van der Waals surface area (Å²) in [5, 5.41) is 0. The van der Waals surface area contributed by atoms with Gasteiger partial charge in [0.1, 0.15) is 5.69 Å². The van der Waals surface area contributed by atoms with Gasteiger partial charge < -0.3 is 9.72 Å². The minimum Gasteiger partial charge on any atom is -0.461 e. The van der Waals surface area contributed by atoms with E-state index >= 15 is 0 Å². The summed E-state index contributed by atoms with van der Waals surface area (Å²) in [4.78, 5) is 25.1. The number of carbonyl (C=O) groups is 2. The monoisotopic (exact) mass is 307 g/mol. The van der Waals surface area contributed by atoms with Gasteiger partial charge in [-0.15, -0.1) is 0 Å². The third-order valence-electron chi connectivity index (χ3n) is 1.64. The molecule has 1 heterocycles. The quantitative estimate of drug-likeness (QED) is 0.528. The fourth-order valence-electron chi connectivity index (χ4n) is 1.00. The second-order valence-electron chi connectivity index (χ2n) is 2.69. The molecule has 0 aromatic carbocycles. The van der Waals surface area contributed by atoms with Crippen LogP contribution >= 0.6 is 22.6 Å². The van der Waals surface area contributed by atoms with Crippen molar-refractivity contribution in [3.8, 4) is 0 Å². The van der Waals surface area contributed by atoms with E-state index in [1.165, 1.54) is 13.0 Å². The first-order chi connectivity index (χ1) is 6.56. The largest absolute Gasteiger partial charge is 0.461 e. The molecule has 14 heavy (non-hydrogen) atoms. The molecule has 0 aliphatic carbocycles. The number of esters is 1. The molecule has 0 atom stereocenters. The van der Waals surface area contributed by atoms with Crippen LogP contribution in [-0.2, 0) is 4.74 Å². The van der Waals surface area contributed by atoms with Gasteiger partial charge in [-0.25, -0.2) is 4.79 Å². The van der Waals surface area contributed by atoms with Crippen molar-refractivity contribution in [1.29, 1.82) is 0 Å². The van der Waals surface area contributed by atoms with Crippen molar-refractivity contribution in [2.45, 2.75) is 13.8 Å². The highest BCUT2D eigenvalue weighted by Crippen LogP contribution is 2.14. The number of Topliss-reactive ketones (excluding diaryl/α,β-unsaturated/α-hetero) is 1. The molecule has 0 fully saturated rings. The third-order valence-corrected chi connectivity index (χ3v) is 2.49. The number of hydrogen-bond acceptors (Lipinski definition) is 3. The molecule has 0 radical (unpaired) electrons. The van der Waals surface area contributed by atoms with Crippen LogP contribution in [0, 0.1) is 3.70 Å². The van der Waals surface area contributed by atoms with Crippen molar-refractivity contribution in [2.75, 3.05) is 6.61 Å². The highest BCUT2D eigenvalue weighted by molar-refractivity contribution is 14.1. The van der Waals surface area contributed by atoms with E-state index in [-0.39, 0.29) is 5.78 Å². The maximum absolute atomic E-state index is 11.3. The molecule has 4 nitrogen and oxygen atoms in total. The molecular weight excluding hydrogens is 297 g/mol. The summed E-state index contributed by atoms with van der Waals surface area (Å²) in [6.45, 7) is 3.52. The number of ketones is 1. The lowest BCUT2D eigenvalue weighted by atomic mass is 10.2. The summed E-state index contributed by atoms with van der Waals surface area (Å²) >= 11 is 1.97. The van der Waals surface area contributed by atoms with Crippen LogP contribution in [0.2, 0.25) is 0 Å². The number of hydrogen-bond donors (Lipinski definition) is 1. The van der Waals surface area contributed by atoms with Gasteiger partial charge in [0, 0.05) is 5.56 Å². The Hall–Kier alpha value is -0.850. The SMILES string of the molecule is CCOC(=O)c1cc(C(C)=O)c(I)[nH]1. The average molecular weight is 307 g/mol. The lowest BCUT2D eigenvalue weighted by Crippen LogP contribution is -2.04. The minimum atomic E-state index is -0.432. The molecule has 0 spiro atoms. The van der Waals surface area contributed by atoms with Crippen molar-refractivity contribution in [3.63, 3.8) is 0 Å². The van der Waals surface area contributed by atoms with Crippen LogP contribution in [0.3, 0.4) is 0 Å². The van der Waals surface area contributed by atoms with Gasteiger partial charge in [-0.05, 0) is 42.5 Å². The number of halogens is 1. The van der Waals surface area contributed by atoms with Gasteiger partial charge in [-0.3, -0.25) is 4.79 Å². The topological polar surface area (TPSA) is 59.2 Å². The Morgan fingerprint density at radius 1 is 1.57 bits per heavy atom. The summed E-state index contributed by atoms with van der Waals surface area (Å²) in [5.41, 5.74) is 0.843. The summed E-state index contributed by atoms with van der Waals surface area (Å²) in [6, 6.07) is 1.52. The second-order valence-corrected chi connectivity index (χ2v) is 3.77. The molecule has 0 unspecified atom stereocenters. The first kappa shape index (κ1) is 11.2. The van der Waals surface area contributed by atoms with E-state index in [9.17, 15) is 9.59 Å². The molecule has 5 heteroatoms. The highest BCUT2D eigenvalue weighted by atomic mass is 127. The van der Waals surface area contributed by atoms with Gasteiger partial charge in [-0.1, -0.05) is 0 Å². The van der Waals surface area contributed by atoms with E-state index in [1.807, 2.05) is 22.6 Å². The van der Waals surface area contributed by atoms with Gasteiger partial charge in [0.15, 0.2) is 5.78 Å². The van der Waals surface area contributed by atoms with E-state index < -0.39 is 5.97 Å². The predicted molar refractivity (Wildman–Crippen MR) is 59.5 cm³/mol. The maximum Gasteiger partial charge on any atom is 0.354 e. The molecule has 0 saturated heterocycles. The first-order valence-corrected chi connectivity index (χ1v) is 5.20. The van der Waals surface area contributed by atoms with E-state index in [2.05, 4.69) is 4.98 Å². The van der Waals surface area contributed by atoms with Crippen LogP contribution in [0.5, 0.6) is 0 Å². The van der Waals surface area contributed by atoms with Crippen LogP contribution in [-0.4, -0.2) is 23.3 Å². The van der Waals surface area contributed by atoms with Gasteiger partial charge in [0.05, 0.1) is 10.3 Å². The van der Waals surface area contributed by atoms with Crippen LogP contribution < -0.4 is 0 Å². The Labute approximate surface area is 95.2 Å². The lowest BCUT2D eigenvalue weighted by molar-refractivity contribution is 0.0520. The Bertz CT molecular complexity index is 370. The van der Waals surface area contributed by atoms with E-state index in [0.29, 0.717) is 21.6 Å². The molecule has 1 aromatic rings. The Morgan fingerprint density at radius 2 is 2.21 bits per heavy atom. The van der Waals surface area contributed by atoms with Gasteiger partial charge in [0.25, 0.3) is 0 Å². The molecular formula is C9H10INO3. The van der Waals surface area contributed by atoms with Crippen molar-refractivity contribution in [2.24, 2.45) is 0 Å². The molecule has 0 saturated carbocycles. The van der Waals surface area contributed by atoms with Gasteiger partial charge in [-0.2, -0.15) is 0 Å². The smallest absolute Gasteiger partial charge is 0.354 e.